The van der Waals surface area contributed by atoms with Crippen molar-refractivity contribution in [2.75, 3.05) is 17.7 Å². The molecule has 0 fully saturated rings. The Kier molecular flexibility index (Phi) is 5.13. The van der Waals surface area contributed by atoms with E-state index in [4.69, 9.17) is 5.26 Å². The summed E-state index contributed by atoms with van der Waals surface area (Å²) in [5, 5.41) is 9.00. The van der Waals surface area contributed by atoms with E-state index in [9.17, 15) is 8.42 Å². The predicted molar refractivity (Wildman–Crippen MR) is 77.4 cm³/mol. The number of sulfone groups is 1. The zero-order chi connectivity index (χ0) is 14.5. The van der Waals surface area contributed by atoms with E-state index >= 15 is 0 Å². The highest BCUT2D eigenvalue weighted by atomic mass is 32.2. The van der Waals surface area contributed by atoms with Crippen molar-refractivity contribution in [1.29, 1.82) is 5.26 Å². The normalized spacial score (nSPS) is 12.0. The first-order chi connectivity index (χ1) is 8.90. The van der Waals surface area contributed by atoms with Crippen molar-refractivity contribution in [2.45, 2.75) is 20.3 Å². The van der Waals surface area contributed by atoms with Gasteiger partial charge in [0.25, 0.3) is 0 Å². The minimum atomic E-state index is -3.48. The third-order valence-electron chi connectivity index (χ3n) is 2.67. The number of aryl methyl sites for hydroxylation is 1. The van der Waals surface area contributed by atoms with Crippen molar-refractivity contribution >= 4 is 15.5 Å². The Labute approximate surface area is 114 Å². The molecule has 0 atom stereocenters. The van der Waals surface area contributed by atoms with E-state index in [1.165, 1.54) is 6.20 Å². The van der Waals surface area contributed by atoms with Gasteiger partial charge in [0.2, 0.25) is 0 Å². The summed E-state index contributed by atoms with van der Waals surface area (Å²) in [6, 6.07) is 9.41. The van der Waals surface area contributed by atoms with Gasteiger partial charge in [-0.25, -0.2) is 8.42 Å². The van der Waals surface area contributed by atoms with Crippen molar-refractivity contribution < 1.29 is 8.42 Å². The second-order valence-electron chi connectivity index (χ2n) is 4.37. The number of hydrogen-bond acceptors (Lipinski definition) is 4. The number of nitriles is 1. The maximum absolute atomic E-state index is 11.9. The molecule has 0 N–H and O–H groups in total. The van der Waals surface area contributed by atoms with E-state index in [-0.39, 0.29) is 10.7 Å². The van der Waals surface area contributed by atoms with Gasteiger partial charge in [-0.15, -0.1) is 0 Å². The molecule has 0 unspecified atom stereocenters. The largest absolute Gasteiger partial charge is 0.349 e. The fourth-order valence-electron chi connectivity index (χ4n) is 1.59. The van der Waals surface area contributed by atoms with Gasteiger partial charge in [0.1, 0.15) is 6.07 Å². The highest BCUT2D eigenvalue weighted by molar-refractivity contribution is 7.95. The average molecular weight is 278 g/mol. The third kappa shape index (κ3) is 4.11. The number of rotatable bonds is 5. The van der Waals surface area contributed by atoms with Crippen LogP contribution in [0.25, 0.3) is 0 Å². The molecule has 0 bridgehead atoms. The van der Waals surface area contributed by atoms with Gasteiger partial charge in [0.05, 0.1) is 5.75 Å². The van der Waals surface area contributed by atoms with Crippen LogP contribution in [0.15, 0.2) is 35.4 Å². The summed E-state index contributed by atoms with van der Waals surface area (Å²) in [6.45, 7) is 3.75. The zero-order valence-electron chi connectivity index (χ0n) is 11.4. The summed E-state index contributed by atoms with van der Waals surface area (Å²) in [7, 11) is -1.75. The Morgan fingerprint density at radius 3 is 2.42 bits per heavy atom. The molecule has 0 saturated heterocycles. The summed E-state index contributed by atoms with van der Waals surface area (Å²) in [5.74, 6) is -0.00582. The van der Waals surface area contributed by atoms with Crippen LogP contribution in [-0.4, -0.2) is 21.2 Å². The lowest BCUT2D eigenvalue weighted by atomic mass is 10.2. The van der Waals surface area contributed by atoms with Crippen LogP contribution >= 0.6 is 0 Å². The molecule has 0 saturated carbocycles. The minimum Gasteiger partial charge on any atom is -0.349 e. The predicted octanol–water partition coefficient (Wildman–Crippen LogP) is 2.62. The molecule has 0 heterocycles. The van der Waals surface area contributed by atoms with Gasteiger partial charge < -0.3 is 4.90 Å². The second kappa shape index (κ2) is 6.39. The molecule has 19 heavy (non-hydrogen) atoms. The first-order valence-electron chi connectivity index (χ1n) is 6.05. The SMILES string of the molecule is CCCS(=O)(=O)/C(C#N)=C/N(C)c1ccc(C)cc1. The topological polar surface area (TPSA) is 61.2 Å². The first-order valence-corrected chi connectivity index (χ1v) is 7.70. The summed E-state index contributed by atoms with van der Waals surface area (Å²) >= 11 is 0. The van der Waals surface area contributed by atoms with Gasteiger partial charge in [-0.2, -0.15) is 5.26 Å². The van der Waals surface area contributed by atoms with Crippen molar-refractivity contribution in [3.8, 4) is 6.07 Å². The minimum absolute atomic E-state index is 0.00582. The number of nitrogens with zero attached hydrogens (tertiary/aromatic N) is 2. The maximum Gasteiger partial charge on any atom is 0.189 e. The van der Waals surface area contributed by atoms with Crippen LogP contribution in [-0.2, 0) is 9.84 Å². The molecule has 0 aliphatic carbocycles. The smallest absolute Gasteiger partial charge is 0.189 e. The lowest BCUT2D eigenvalue weighted by Gasteiger charge is -2.15. The molecule has 0 amide bonds. The standard InChI is InChI=1S/C14H18N2O2S/c1-4-9-19(17,18)14(10-15)11-16(3)13-7-5-12(2)6-8-13/h5-8,11H,4,9H2,1-3H3/b14-11+. The van der Waals surface area contributed by atoms with E-state index in [2.05, 4.69) is 0 Å². The van der Waals surface area contributed by atoms with Gasteiger partial charge in [-0.3, -0.25) is 0 Å². The van der Waals surface area contributed by atoms with Crippen LogP contribution < -0.4 is 4.90 Å². The molecular formula is C14H18N2O2S. The first kappa shape index (κ1) is 15.3. The Balaban J connectivity index is 3.05. The van der Waals surface area contributed by atoms with Crippen LogP contribution in [0.3, 0.4) is 0 Å². The molecule has 0 aromatic heterocycles. The molecule has 1 aromatic carbocycles. The molecule has 0 spiro atoms. The molecule has 4 nitrogen and oxygen atoms in total. The molecule has 0 radical (unpaired) electrons. The average Bonchev–Trinajstić information content (AvgIpc) is 2.36. The van der Waals surface area contributed by atoms with Crippen LogP contribution in [0, 0.1) is 18.3 Å². The van der Waals surface area contributed by atoms with Crippen molar-refractivity contribution in [3.05, 3.63) is 40.9 Å². The van der Waals surface area contributed by atoms with Gasteiger partial charge in [0.15, 0.2) is 14.7 Å². The summed E-state index contributed by atoms with van der Waals surface area (Å²) < 4.78 is 23.7. The molecule has 0 aliphatic heterocycles. The second-order valence-corrected chi connectivity index (χ2v) is 6.45. The number of allylic oxidation sites excluding steroid dienone is 1. The monoisotopic (exact) mass is 278 g/mol. The van der Waals surface area contributed by atoms with Crippen molar-refractivity contribution in [2.24, 2.45) is 0 Å². The molecule has 1 rings (SSSR count). The Hall–Kier alpha value is -1.80. The highest BCUT2D eigenvalue weighted by Crippen LogP contribution is 2.16. The summed E-state index contributed by atoms with van der Waals surface area (Å²) in [4.78, 5) is 1.45. The number of anilines is 1. The van der Waals surface area contributed by atoms with Gasteiger partial charge in [0, 0.05) is 18.9 Å². The molecule has 0 aliphatic rings. The van der Waals surface area contributed by atoms with Crippen molar-refractivity contribution in [3.63, 3.8) is 0 Å². The zero-order valence-corrected chi connectivity index (χ0v) is 12.2. The van der Waals surface area contributed by atoms with Crippen molar-refractivity contribution in [1.82, 2.24) is 0 Å². The van der Waals surface area contributed by atoms with Crippen LogP contribution in [0.2, 0.25) is 0 Å². The molecule has 102 valence electrons. The van der Waals surface area contributed by atoms with Gasteiger partial charge >= 0.3 is 0 Å². The number of hydrogen-bond donors (Lipinski definition) is 0. The van der Waals surface area contributed by atoms with E-state index < -0.39 is 9.84 Å². The fourth-order valence-corrected chi connectivity index (χ4v) is 2.80. The van der Waals surface area contributed by atoms with E-state index in [0.29, 0.717) is 6.42 Å². The fraction of sp³-hybridized carbons (Fsp3) is 0.357. The van der Waals surface area contributed by atoms with Crippen LogP contribution in [0.1, 0.15) is 18.9 Å². The maximum atomic E-state index is 11.9. The Bertz CT molecular complexity index is 595. The van der Waals surface area contributed by atoms with E-state index in [1.807, 2.05) is 31.2 Å². The van der Waals surface area contributed by atoms with E-state index in [0.717, 1.165) is 11.3 Å². The quantitative estimate of drug-likeness (QED) is 0.777. The van der Waals surface area contributed by atoms with Crippen LogP contribution in [0.4, 0.5) is 5.69 Å². The summed E-state index contributed by atoms with van der Waals surface area (Å²) in [5.41, 5.74) is 1.96. The molecule has 5 heteroatoms. The van der Waals surface area contributed by atoms with E-state index in [1.54, 1.807) is 24.9 Å². The van der Waals surface area contributed by atoms with Gasteiger partial charge in [-0.1, -0.05) is 24.6 Å². The third-order valence-corrected chi connectivity index (χ3v) is 4.48. The van der Waals surface area contributed by atoms with Gasteiger partial charge in [-0.05, 0) is 25.5 Å². The summed E-state index contributed by atoms with van der Waals surface area (Å²) in [6.07, 6.45) is 1.87. The van der Waals surface area contributed by atoms with Crippen LogP contribution in [0.5, 0.6) is 0 Å². The molecular weight excluding hydrogens is 260 g/mol. The Morgan fingerprint density at radius 2 is 1.95 bits per heavy atom. The lowest BCUT2D eigenvalue weighted by molar-refractivity contribution is 0.601. The highest BCUT2D eigenvalue weighted by Gasteiger charge is 2.17. The number of benzene rings is 1. The lowest BCUT2D eigenvalue weighted by Crippen LogP contribution is -2.14. The Morgan fingerprint density at radius 1 is 1.37 bits per heavy atom. The molecule has 1 aromatic rings.